The lowest BCUT2D eigenvalue weighted by Crippen LogP contribution is -2.47. The van der Waals surface area contributed by atoms with Gasteiger partial charge in [0.05, 0.1) is 0 Å². The quantitative estimate of drug-likeness (QED) is 0.877. The summed E-state index contributed by atoms with van der Waals surface area (Å²) in [6, 6.07) is 9.12. The van der Waals surface area contributed by atoms with Gasteiger partial charge >= 0.3 is 0 Å². The summed E-state index contributed by atoms with van der Waals surface area (Å²) in [6.07, 6.45) is 1.93. The standard InChI is InChI=1S/C16H26N2O/c1-13-4-6-15(7-5-13)18-12-14(8-11-19)17-10-9-16(18,2)3/h4-7,14,17,19H,8-12H2,1-3H3. The molecule has 106 valence electrons. The largest absolute Gasteiger partial charge is 0.396 e. The Kier molecular flexibility index (Phi) is 4.48. The maximum absolute atomic E-state index is 9.18. The van der Waals surface area contributed by atoms with Gasteiger partial charge in [0, 0.05) is 30.4 Å². The van der Waals surface area contributed by atoms with Gasteiger partial charge in [-0.05, 0) is 52.3 Å². The number of aliphatic hydroxyl groups excluding tert-OH is 1. The lowest BCUT2D eigenvalue weighted by Gasteiger charge is -2.40. The fourth-order valence-electron chi connectivity index (χ4n) is 2.78. The van der Waals surface area contributed by atoms with Gasteiger partial charge in [-0.1, -0.05) is 17.7 Å². The van der Waals surface area contributed by atoms with E-state index in [0.29, 0.717) is 6.04 Å². The lowest BCUT2D eigenvalue weighted by atomic mass is 9.97. The molecule has 0 spiro atoms. The van der Waals surface area contributed by atoms with Gasteiger partial charge in [0.25, 0.3) is 0 Å². The second kappa shape index (κ2) is 5.93. The van der Waals surface area contributed by atoms with Crippen molar-refractivity contribution in [3.63, 3.8) is 0 Å². The van der Waals surface area contributed by atoms with Crippen molar-refractivity contribution in [3.05, 3.63) is 29.8 Å². The normalized spacial score (nSPS) is 23.2. The van der Waals surface area contributed by atoms with Crippen molar-refractivity contribution < 1.29 is 5.11 Å². The Morgan fingerprint density at radius 2 is 2.00 bits per heavy atom. The molecule has 2 rings (SSSR count). The number of rotatable bonds is 3. The Hall–Kier alpha value is -1.06. The van der Waals surface area contributed by atoms with E-state index >= 15 is 0 Å². The fraction of sp³-hybridized carbons (Fsp3) is 0.625. The van der Waals surface area contributed by atoms with Crippen LogP contribution < -0.4 is 10.2 Å². The summed E-state index contributed by atoms with van der Waals surface area (Å²) in [5.41, 5.74) is 2.72. The molecule has 0 amide bonds. The molecule has 1 aliphatic rings. The number of benzene rings is 1. The Labute approximate surface area is 116 Å². The van der Waals surface area contributed by atoms with E-state index in [1.165, 1.54) is 11.3 Å². The molecule has 1 heterocycles. The van der Waals surface area contributed by atoms with Crippen LogP contribution in [0.25, 0.3) is 0 Å². The van der Waals surface area contributed by atoms with Crippen molar-refractivity contribution in [1.29, 1.82) is 0 Å². The molecule has 0 saturated carbocycles. The fourth-order valence-corrected chi connectivity index (χ4v) is 2.78. The van der Waals surface area contributed by atoms with Crippen molar-refractivity contribution in [2.45, 2.75) is 45.2 Å². The molecule has 0 aromatic heterocycles. The van der Waals surface area contributed by atoms with Crippen LogP contribution in [-0.2, 0) is 0 Å². The Bertz CT molecular complexity index is 400. The molecule has 1 saturated heterocycles. The van der Waals surface area contributed by atoms with Gasteiger partial charge in [-0.25, -0.2) is 0 Å². The Balaban J connectivity index is 2.23. The number of nitrogens with one attached hydrogen (secondary N) is 1. The maximum Gasteiger partial charge on any atom is 0.0446 e. The van der Waals surface area contributed by atoms with Crippen molar-refractivity contribution >= 4 is 5.69 Å². The van der Waals surface area contributed by atoms with Crippen LogP contribution in [0, 0.1) is 6.92 Å². The van der Waals surface area contributed by atoms with E-state index in [-0.39, 0.29) is 12.1 Å². The molecule has 0 radical (unpaired) electrons. The van der Waals surface area contributed by atoms with Crippen LogP contribution >= 0.6 is 0 Å². The van der Waals surface area contributed by atoms with E-state index in [2.05, 4.69) is 55.3 Å². The number of anilines is 1. The number of nitrogens with zero attached hydrogens (tertiary/aromatic N) is 1. The molecule has 1 aromatic carbocycles. The average molecular weight is 262 g/mol. The van der Waals surface area contributed by atoms with E-state index in [9.17, 15) is 5.11 Å². The third-order valence-corrected chi connectivity index (χ3v) is 4.13. The number of hydrogen-bond acceptors (Lipinski definition) is 3. The highest BCUT2D eigenvalue weighted by Gasteiger charge is 2.31. The molecule has 1 fully saturated rings. The van der Waals surface area contributed by atoms with E-state index in [1.807, 2.05) is 0 Å². The summed E-state index contributed by atoms with van der Waals surface area (Å²) < 4.78 is 0. The first-order valence-electron chi connectivity index (χ1n) is 7.21. The summed E-state index contributed by atoms with van der Waals surface area (Å²) in [4.78, 5) is 2.48. The zero-order chi connectivity index (χ0) is 13.9. The molecule has 1 unspecified atom stereocenters. The minimum atomic E-state index is 0.145. The summed E-state index contributed by atoms with van der Waals surface area (Å²) in [5.74, 6) is 0. The lowest BCUT2D eigenvalue weighted by molar-refractivity contribution is 0.267. The monoisotopic (exact) mass is 262 g/mol. The molecule has 2 N–H and O–H groups in total. The predicted octanol–water partition coefficient (Wildman–Crippen LogP) is 2.32. The highest BCUT2D eigenvalue weighted by molar-refractivity contribution is 5.50. The Morgan fingerprint density at radius 1 is 1.32 bits per heavy atom. The van der Waals surface area contributed by atoms with Crippen LogP contribution in [0.15, 0.2) is 24.3 Å². The number of aryl methyl sites for hydroxylation is 1. The van der Waals surface area contributed by atoms with Crippen LogP contribution in [-0.4, -0.2) is 36.4 Å². The summed E-state index contributed by atoms with van der Waals surface area (Å²) in [5, 5.41) is 12.7. The third kappa shape index (κ3) is 3.48. The molecule has 19 heavy (non-hydrogen) atoms. The first kappa shape index (κ1) is 14.4. The van der Waals surface area contributed by atoms with E-state index in [1.54, 1.807) is 0 Å². The van der Waals surface area contributed by atoms with Crippen LogP contribution in [0.5, 0.6) is 0 Å². The molecular weight excluding hydrogens is 236 g/mol. The maximum atomic E-state index is 9.18. The summed E-state index contributed by atoms with van der Waals surface area (Å²) in [6.45, 7) is 8.94. The minimum Gasteiger partial charge on any atom is -0.396 e. The van der Waals surface area contributed by atoms with Gasteiger partial charge < -0.3 is 15.3 Å². The third-order valence-electron chi connectivity index (χ3n) is 4.13. The van der Waals surface area contributed by atoms with Gasteiger partial charge in [0.2, 0.25) is 0 Å². The van der Waals surface area contributed by atoms with E-state index in [4.69, 9.17) is 0 Å². The topological polar surface area (TPSA) is 35.5 Å². The van der Waals surface area contributed by atoms with Crippen molar-refractivity contribution in [2.75, 3.05) is 24.6 Å². The summed E-state index contributed by atoms with van der Waals surface area (Å²) in [7, 11) is 0. The molecular formula is C16H26N2O. The van der Waals surface area contributed by atoms with Crippen molar-refractivity contribution in [3.8, 4) is 0 Å². The molecule has 3 nitrogen and oxygen atoms in total. The Morgan fingerprint density at radius 3 is 2.63 bits per heavy atom. The highest BCUT2D eigenvalue weighted by Crippen LogP contribution is 2.29. The zero-order valence-electron chi connectivity index (χ0n) is 12.3. The van der Waals surface area contributed by atoms with Gasteiger partial charge in [-0.2, -0.15) is 0 Å². The first-order chi connectivity index (χ1) is 9.03. The molecule has 1 aromatic rings. The van der Waals surface area contributed by atoms with Gasteiger partial charge in [0.1, 0.15) is 0 Å². The average Bonchev–Trinajstić information content (AvgIpc) is 2.50. The molecule has 0 aliphatic carbocycles. The molecule has 3 heteroatoms. The smallest absolute Gasteiger partial charge is 0.0446 e. The first-order valence-corrected chi connectivity index (χ1v) is 7.21. The van der Waals surface area contributed by atoms with E-state index < -0.39 is 0 Å². The van der Waals surface area contributed by atoms with Gasteiger partial charge in [-0.3, -0.25) is 0 Å². The molecule has 1 atom stereocenters. The van der Waals surface area contributed by atoms with Crippen LogP contribution in [0.3, 0.4) is 0 Å². The second-order valence-corrected chi connectivity index (χ2v) is 6.17. The number of hydrogen-bond donors (Lipinski definition) is 2. The zero-order valence-corrected chi connectivity index (χ0v) is 12.3. The van der Waals surface area contributed by atoms with Crippen molar-refractivity contribution in [2.24, 2.45) is 0 Å². The SMILES string of the molecule is Cc1ccc(N2CC(CCO)NCCC2(C)C)cc1. The number of aliphatic hydroxyl groups is 1. The highest BCUT2D eigenvalue weighted by atomic mass is 16.3. The molecule has 1 aliphatic heterocycles. The predicted molar refractivity (Wildman–Crippen MR) is 80.7 cm³/mol. The minimum absolute atomic E-state index is 0.145. The summed E-state index contributed by atoms with van der Waals surface area (Å²) >= 11 is 0. The van der Waals surface area contributed by atoms with E-state index in [0.717, 1.165) is 25.9 Å². The second-order valence-electron chi connectivity index (χ2n) is 6.17. The molecule has 0 bridgehead atoms. The van der Waals surface area contributed by atoms with Gasteiger partial charge in [0.15, 0.2) is 0 Å². The van der Waals surface area contributed by atoms with Crippen molar-refractivity contribution in [1.82, 2.24) is 5.32 Å². The van der Waals surface area contributed by atoms with Crippen LogP contribution in [0.1, 0.15) is 32.3 Å². The van der Waals surface area contributed by atoms with Crippen LogP contribution in [0.4, 0.5) is 5.69 Å². The van der Waals surface area contributed by atoms with Crippen LogP contribution in [0.2, 0.25) is 0 Å². The van der Waals surface area contributed by atoms with Gasteiger partial charge in [-0.15, -0.1) is 0 Å².